The molecule has 0 spiro atoms. The maximum Gasteiger partial charge on any atom is 0.0945 e. The zero-order valence-corrected chi connectivity index (χ0v) is 10.3. The lowest BCUT2D eigenvalue weighted by Crippen LogP contribution is -2.28. The minimum atomic E-state index is 0.579. The van der Waals surface area contributed by atoms with Crippen LogP contribution in [0, 0.1) is 5.92 Å². The largest absolute Gasteiger partial charge is 0.337 e. The van der Waals surface area contributed by atoms with Gasteiger partial charge in [-0.25, -0.2) is 4.98 Å². The summed E-state index contributed by atoms with van der Waals surface area (Å²) < 4.78 is 2.06. The molecule has 1 aromatic rings. The summed E-state index contributed by atoms with van der Waals surface area (Å²) in [7, 11) is 2.03. The minimum absolute atomic E-state index is 0.579. The molecule has 86 valence electrons. The number of rotatable bonds is 6. The van der Waals surface area contributed by atoms with Crippen LogP contribution in [0.5, 0.6) is 0 Å². The topological polar surface area (TPSA) is 29.9 Å². The van der Waals surface area contributed by atoms with Crippen LogP contribution < -0.4 is 5.32 Å². The summed E-state index contributed by atoms with van der Waals surface area (Å²) in [6.45, 7) is 7.72. The second-order valence-corrected chi connectivity index (χ2v) is 4.53. The van der Waals surface area contributed by atoms with Gasteiger partial charge < -0.3 is 9.88 Å². The SMILES string of the molecule is CCC(C)CC(C)NCc1cncn1C. The molecule has 1 rings (SSSR count). The van der Waals surface area contributed by atoms with Crippen LogP contribution in [0.25, 0.3) is 0 Å². The molecule has 15 heavy (non-hydrogen) atoms. The van der Waals surface area contributed by atoms with Crippen LogP contribution in [-0.4, -0.2) is 15.6 Å². The molecule has 0 radical (unpaired) electrons. The fourth-order valence-corrected chi connectivity index (χ4v) is 1.69. The van der Waals surface area contributed by atoms with E-state index < -0.39 is 0 Å². The van der Waals surface area contributed by atoms with Gasteiger partial charge in [0.25, 0.3) is 0 Å². The van der Waals surface area contributed by atoms with Crippen molar-refractivity contribution >= 4 is 0 Å². The fourth-order valence-electron chi connectivity index (χ4n) is 1.69. The molecule has 3 nitrogen and oxygen atoms in total. The lowest BCUT2D eigenvalue weighted by molar-refractivity contribution is 0.409. The molecule has 0 amide bonds. The smallest absolute Gasteiger partial charge is 0.0945 e. The molecule has 0 fully saturated rings. The Morgan fingerprint density at radius 3 is 2.73 bits per heavy atom. The number of aryl methyl sites for hydroxylation is 1. The third-order valence-corrected chi connectivity index (χ3v) is 3.00. The van der Waals surface area contributed by atoms with Crippen molar-refractivity contribution in [1.29, 1.82) is 0 Å². The van der Waals surface area contributed by atoms with Crippen molar-refractivity contribution < 1.29 is 0 Å². The Labute approximate surface area is 92.9 Å². The lowest BCUT2D eigenvalue weighted by atomic mass is 10.0. The van der Waals surface area contributed by atoms with Crippen LogP contribution >= 0.6 is 0 Å². The van der Waals surface area contributed by atoms with Crippen LogP contribution in [0.2, 0.25) is 0 Å². The number of aromatic nitrogens is 2. The summed E-state index contributed by atoms with van der Waals surface area (Å²) in [5.41, 5.74) is 1.24. The van der Waals surface area contributed by atoms with Gasteiger partial charge in [-0.2, -0.15) is 0 Å². The van der Waals surface area contributed by atoms with E-state index in [1.807, 2.05) is 19.6 Å². The van der Waals surface area contributed by atoms with Crippen molar-refractivity contribution in [3.63, 3.8) is 0 Å². The normalized spacial score (nSPS) is 15.2. The summed E-state index contributed by atoms with van der Waals surface area (Å²) >= 11 is 0. The molecule has 2 atom stereocenters. The van der Waals surface area contributed by atoms with Crippen molar-refractivity contribution in [3.05, 3.63) is 18.2 Å². The molecule has 0 aliphatic carbocycles. The second-order valence-electron chi connectivity index (χ2n) is 4.53. The number of imidazole rings is 1. The maximum atomic E-state index is 4.10. The highest BCUT2D eigenvalue weighted by Gasteiger charge is 2.07. The zero-order valence-electron chi connectivity index (χ0n) is 10.3. The van der Waals surface area contributed by atoms with Gasteiger partial charge in [0.05, 0.1) is 12.0 Å². The van der Waals surface area contributed by atoms with Crippen LogP contribution in [0.1, 0.15) is 39.3 Å². The van der Waals surface area contributed by atoms with Gasteiger partial charge in [0.15, 0.2) is 0 Å². The van der Waals surface area contributed by atoms with Crippen molar-refractivity contribution in [2.24, 2.45) is 13.0 Å². The summed E-state index contributed by atoms with van der Waals surface area (Å²) in [5, 5.41) is 3.53. The molecule has 0 aliphatic heterocycles. The quantitative estimate of drug-likeness (QED) is 0.779. The van der Waals surface area contributed by atoms with Gasteiger partial charge in [-0.1, -0.05) is 20.3 Å². The third-order valence-electron chi connectivity index (χ3n) is 3.00. The van der Waals surface area contributed by atoms with Gasteiger partial charge in [0.1, 0.15) is 0 Å². The highest BCUT2D eigenvalue weighted by Crippen LogP contribution is 2.09. The first-order chi connectivity index (χ1) is 7.13. The molecule has 0 aromatic carbocycles. The Morgan fingerprint density at radius 2 is 2.20 bits per heavy atom. The summed E-state index contributed by atoms with van der Waals surface area (Å²) in [6, 6.07) is 0.579. The molecule has 0 saturated heterocycles. The second kappa shape index (κ2) is 5.91. The minimum Gasteiger partial charge on any atom is -0.337 e. The number of nitrogens with one attached hydrogen (secondary N) is 1. The summed E-state index contributed by atoms with van der Waals surface area (Å²) in [4.78, 5) is 4.10. The van der Waals surface area contributed by atoms with E-state index in [0.717, 1.165) is 12.5 Å². The highest BCUT2D eigenvalue weighted by molar-refractivity contribution is 4.96. The van der Waals surface area contributed by atoms with E-state index in [1.165, 1.54) is 18.5 Å². The Morgan fingerprint density at radius 1 is 1.47 bits per heavy atom. The Kier molecular flexibility index (Phi) is 4.82. The van der Waals surface area contributed by atoms with E-state index in [1.54, 1.807) is 0 Å². The Hall–Kier alpha value is -0.830. The number of nitrogens with zero attached hydrogens (tertiary/aromatic N) is 2. The average Bonchev–Trinajstić information content (AvgIpc) is 2.61. The van der Waals surface area contributed by atoms with Crippen molar-refractivity contribution in [2.45, 2.75) is 46.2 Å². The van der Waals surface area contributed by atoms with Crippen molar-refractivity contribution in [3.8, 4) is 0 Å². The highest BCUT2D eigenvalue weighted by atomic mass is 15.0. The van der Waals surface area contributed by atoms with Crippen LogP contribution in [0.15, 0.2) is 12.5 Å². The molecule has 0 saturated carbocycles. The third kappa shape index (κ3) is 4.04. The van der Waals surface area contributed by atoms with E-state index in [0.29, 0.717) is 6.04 Å². The molecule has 0 bridgehead atoms. The maximum absolute atomic E-state index is 4.10. The van der Waals surface area contributed by atoms with E-state index >= 15 is 0 Å². The number of hydrogen-bond donors (Lipinski definition) is 1. The molecule has 3 heteroatoms. The lowest BCUT2D eigenvalue weighted by Gasteiger charge is -2.17. The molecule has 1 N–H and O–H groups in total. The molecular formula is C12H23N3. The van der Waals surface area contributed by atoms with E-state index in [4.69, 9.17) is 0 Å². The Bertz CT molecular complexity index is 280. The van der Waals surface area contributed by atoms with Gasteiger partial charge in [-0.3, -0.25) is 0 Å². The first-order valence-corrected chi connectivity index (χ1v) is 5.82. The summed E-state index contributed by atoms with van der Waals surface area (Å²) in [6.07, 6.45) is 6.27. The van der Waals surface area contributed by atoms with Crippen LogP contribution in [0.3, 0.4) is 0 Å². The van der Waals surface area contributed by atoms with E-state index in [9.17, 15) is 0 Å². The molecule has 0 aliphatic rings. The van der Waals surface area contributed by atoms with Crippen LogP contribution in [-0.2, 0) is 13.6 Å². The molecule has 2 unspecified atom stereocenters. The van der Waals surface area contributed by atoms with Gasteiger partial charge in [0.2, 0.25) is 0 Å². The standard InChI is InChI=1S/C12H23N3/c1-5-10(2)6-11(3)14-8-12-7-13-9-15(12)4/h7,9-11,14H,5-6,8H2,1-4H3. The number of hydrogen-bond acceptors (Lipinski definition) is 2. The average molecular weight is 209 g/mol. The van der Waals surface area contributed by atoms with E-state index in [-0.39, 0.29) is 0 Å². The molecular weight excluding hydrogens is 186 g/mol. The van der Waals surface area contributed by atoms with Gasteiger partial charge in [0, 0.05) is 25.8 Å². The monoisotopic (exact) mass is 209 g/mol. The van der Waals surface area contributed by atoms with Crippen LogP contribution in [0.4, 0.5) is 0 Å². The fraction of sp³-hybridized carbons (Fsp3) is 0.750. The Balaban J connectivity index is 2.28. The molecule has 1 aromatic heterocycles. The predicted molar refractivity (Wildman–Crippen MR) is 63.6 cm³/mol. The van der Waals surface area contributed by atoms with Gasteiger partial charge in [-0.15, -0.1) is 0 Å². The first-order valence-electron chi connectivity index (χ1n) is 5.82. The zero-order chi connectivity index (χ0) is 11.3. The first kappa shape index (κ1) is 12.2. The van der Waals surface area contributed by atoms with E-state index in [2.05, 4.69) is 35.6 Å². The molecule has 1 heterocycles. The van der Waals surface area contributed by atoms with Gasteiger partial charge >= 0.3 is 0 Å². The van der Waals surface area contributed by atoms with Crippen molar-refractivity contribution in [2.75, 3.05) is 0 Å². The summed E-state index contributed by atoms with van der Waals surface area (Å²) in [5.74, 6) is 0.805. The van der Waals surface area contributed by atoms with Crippen molar-refractivity contribution in [1.82, 2.24) is 14.9 Å². The van der Waals surface area contributed by atoms with Gasteiger partial charge in [-0.05, 0) is 19.3 Å². The predicted octanol–water partition coefficient (Wildman–Crippen LogP) is 2.33.